The van der Waals surface area contributed by atoms with Gasteiger partial charge in [0.2, 0.25) is 0 Å². The summed E-state index contributed by atoms with van der Waals surface area (Å²) in [5.41, 5.74) is 8.37. The molecular formula is C31H33NO3. The Bertz CT molecular complexity index is 1280. The van der Waals surface area contributed by atoms with Crippen LogP contribution in [0.2, 0.25) is 0 Å². The number of carboxylic acids is 1. The fraction of sp³-hybridized carbons (Fsp3) is 0.226. The number of carbonyl (C=O) groups is 1. The van der Waals surface area contributed by atoms with E-state index in [1.54, 1.807) is 30.3 Å². The van der Waals surface area contributed by atoms with E-state index in [0.29, 0.717) is 5.71 Å². The van der Waals surface area contributed by atoms with Crippen LogP contribution in [0.15, 0.2) is 84.0 Å². The van der Waals surface area contributed by atoms with E-state index in [0.717, 1.165) is 17.5 Å². The largest absolute Gasteiger partial charge is 0.478 e. The summed E-state index contributed by atoms with van der Waals surface area (Å²) in [6.45, 7) is 10.5. The minimum Gasteiger partial charge on any atom is -0.478 e. The van der Waals surface area contributed by atoms with Crippen LogP contribution < -0.4 is 0 Å². The second kappa shape index (κ2) is 11.0. The van der Waals surface area contributed by atoms with Crippen LogP contribution >= 0.6 is 0 Å². The fourth-order valence-electron chi connectivity index (χ4n) is 4.18. The molecule has 0 saturated heterocycles. The van der Waals surface area contributed by atoms with E-state index >= 15 is 0 Å². The Morgan fingerprint density at radius 1 is 0.943 bits per heavy atom. The molecule has 0 spiro atoms. The minimum absolute atomic E-state index is 0.0452. The molecule has 1 aliphatic carbocycles. The number of carboxylic acid groups (broad SMARTS) is 1. The Labute approximate surface area is 208 Å². The van der Waals surface area contributed by atoms with Gasteiger partial charge >= 0.3 is 5.97 Å². The molecule has 3 aromatic carbocycles. The molecule has 4 heteroatoms. The summed E-state index contributed by atoms with van der Waals surface area (Å²) < 4.78 is 0. The lowest BCUT2D eigenvalue weighted by molar-refractivity contribution is 0.0697. The molecule has 0 bridgehead atoms. The Morgan fingerprint density at radius 3 is 2.17 bits per heavy atom. The summed E-state index contributed by atoms with van der Waals surface area (Å²) in [6, 6.07) is 21.4. The van der Waals surface area contributed by atoms with Crippen LogP contribution in [0, 0.1) is 6.92 Å². The van der Waals surface area contributed by atoms with E-state index in [9.17, 15) is 10.0 Å². The van der Waals surface area contributed by atoms with Crippen LogP contribution in [0.25, 0.3) is 11.6 Å². The standard InChI is InChI=1S/C29H27NO3.C2H6/c1-19-4-9-21(10-5-19)24-16-17-29(2,3)26-18-23(13-14-25(24)26)27(30-33)15-8-20-6-11-22(12-7-20)28(31)32;1-2/h4-16,18,33H,17H2,1-3H3,(H,31,32);1-2H3/b15-8+,30-27+;. The predicted molar refractivity (Wildman–Crippen MR) is 144 cm³/mol. The number of hydrogen-bond acceptors (Lipinski definition) is 3. The van der Waals surface area contributed by atoms with Crippen molar-refractivity contribution in [1.82, 2.24) is 0 Å². The summed E-state index contributed by atoms with van der Waals surface area (Å²) in [5, 5.41) is 22.3. The van der Waals surface area contributed by atoms with Crippen molar-refractivity contribution in [3.63, 3.8) is 0 Å². The zero-order valence-electron chi connectivity index (χ0n) is 21.0. The van der Waals surface area contributed by atoms with Gasteiger partial charge in [0.15, 0.2) is 0 Å². The number of allylic oxidation sites excluding steroid dienone is 2. The van der Waals surface area contributed by atoms with E-state index in [2.05, 4.69) is 68.4 Å². The average molecular weight is 468 g/mol. The minimum atomic E-state index is -0.959. The van der Waals surface area contributed by atoms with Crippen molar-refractivity contribution in [2.45, 2.75) is 46.5 Å². The van der Waals surface area contributed by atoms with E-state index in [-0.39, 0.29) is 11.0 Å². The smallest absolute Gasteiger partial charge is 0.335 e. The second-order valence-electron chi connectivity index (χ2n) is 9.08. The van der Waals surface area contributed by atoms with Gasteiger partial charge in [-0.2, -0.15) is 0 Å². The highest BCUT2D eigenvalue weighted by atomic mass is 16.4. The van der Waals surface area contributed by atoms with Crippen molar-refractivity contribution in [2.24, 2.45) is 5.16 Å². The molecule has 0 fully saturated rings. The van der Waals surface area contributed by atoms with Crippen molar-refractivity contribution in [1.29, 1.82) is 0 Å². The van der Waals surface area contributed by atoms with Gasteiger partial charge in [-0.25, -0.2) is 4.79 Å². The maximum absolute atomic E-state index is 11.0. The van der Waals surface area contributed by atoms with Gasteiger partial charge in [0, 0.05) is 5.56 Å². The van der Waals surface area contributed by atoms with Gasteiger partial charge in [0.1, 0.15) is 5.71 Å². The zero-order chi connectivity index (χ0) is 25.6. The molecule has 0 saturated carbocycles. The monoisotopic (exact) mass is 467 g/mol. The first-order chi connectivity index (χ1) is 16.8. The number of hydrogen-bond donors (Lipinski definition) is 2. The first-order valence-corrected chi connectivity index (χ1v) is 11.9. The Hall–Kier alpha value is -3.92. The zero-order valence-corrected chi connectivity index (χ0v) is 21.0. The van der Waals surface area contributed by atoms with E-state index in [1.807, 2.05) is 26.0 Å². The highest BCUT2D eigenvalue weighted by Crippen LogP contribution is 2.41. The van der Waals surface area contributed by atoms with E-state index < -0.39 is 5.97 Å². The van der Waals surface area contributed by atoms with E-state index in [1.165, 1.54) is 27.8 Å². The SMILES string of the molecule is CC.Cc1ccc(C2=CCC(C)(C)c3cc(C(/C=C/c4ccc(C(=O)O)cc4)=N/O)ccc32)cc1. The lowest BCUT2D eigenvalue weighted by atomic mass is 9.71. The van der Waals surface area contributed by atoms with Crippen molar-refractivity contribution >= 4 is 23.3 Å². The number of fused-ring (bicyclic) bond motifs is 1. The average Bonchev–Trinajstić information content (AvgIpc) is 2.87. The molecule has 0 amide bonds. The second-order valence-corrected chi connectivity index (χ2v) is 9.08. The molecule has 0 aliphatic heterocycles. The van der Waals surface area contributed by atoms with Crippen LogP contribution in [0.1, 0.15) is 77.9 Å². The molecule has 180 valence electrons. The Kier molecular flexibility index (Phi) is 8.08. The molecular weight excluding hydrogens is 434 g/mol. The third kappa shape index (κ3) is 5.78. The van der Waals surface area contributed by atoms with Crippen LogP contribution in [0.3, 0.4) is 0 Å². The Balaban J connectivity index is 0.00000167. The molecule has 0 radical (unpaired) electrons. The predicted octanol–water partition coefficient (Wildman–Crippen LogP) is 7.72. The molecule has 1 aliphatic rings. The van der Waals surface area contributed by atoms with Gasteiger partial charge in [-0.15, -0.1) is 0 Å². The summed E-state index contributed by atoms with van der Waals surface area (Å²) in [5.74, 6) is -0.959. The summed E-state index contributed by atoms with van der Waals surface area (Å²) in [4.78, 5) is 11.0. The normalized spacial score (nSPS) is 14.5. The molecule has 4 rings (SSSR count). The van der Waals surface area contributed by atoms with Gasteiger partial charge in [-0.05, 0) is 70.9 Å². The van der Waals surface area contributed by atoms with Gasteiger partial charge in [0.25, 0.3) is 0 Å². The number of nitrogens with zero attached hydrogens (tertiary/aromatic N) is 1. The first-order valence-electron chi connectivity index (χ1n) is 11.9. The highest BCUT2D eigenvalue weighted by Gasteiger charge is 2.29. The maximum Gasteiger partial charge on any atom is 0.335 e. The van der Waals surface area contributed by atoms with Crippen molar-refractivity contribution < 1.29 is 15.1 Å². The maximum atomic E-state index is 11.0. The van der Waals surface area contributed by atoms with Gasteiger partial charge < -0.3 is 10.3 Å². The van der Waals surface area contributed by atoms with E-state index in [4.69, 9.17) is 5.11 Å². The molecule has 4 nitrogen and oxygen atoms in total. The first kappa shape index (κ1) is 25.7. The van der Waals surface area contributed by atoms with Crippen LogP contribution in [-0.4, -0.2) is 22.0 Å². The molecule has 0 unspecified atom stereocenters. The van der Waals surface area contributed by atoms with Crippen LogP contribution in [0.4, 0.5) is 0 Å². The summed E-state index contributed by atoms with van der Waals surface area (Å²) in [6.07, 6.45) is 6.78. The van der Waals surface area contributed by atoms with Gasteiger partial charge in [-0.1, -0.05) is 99.1 Å². The number of oxime groups is 1. The quantitative estimate of drug-likeness (QED) is 0.229. The molecule has 0 aromatic heterocycles. The number of aryl methyl sites for hydroxylation is 1. The van der Waals surface area contributed by atoms with Crippen LogP contribution in [0.5, 0.6) is 0 Å². The summed E-state index contributed by atoms with van der Waals surface area (Å²) in [7, 11) is 0. The fourth-order valence-corrected chi connectivity index (χ4v) is 4.18. The molecule has 35 heavy (non-hydrogen) atoms. The summed E-state index contributed by atoms with van der Waals surface area (Å²) >= 11 is 0. The number of benzene rings is 3. The topological polar surface area (TPSA) is 69.9 Å². The third-order valence-electron chi connectivity index (χ3n) is 6.21. The van der Waals surface area contributed by atoms with Gasteiger partial charge in [0.05, 0.1) is 5.56 Å². The van der Waals surface area contributed by atoms with Crippen LogP contribution in [-0.2, 0) is 5.41 Å². The lowest BCUT2D eigenvalue weighted by Gasteiger charge is -2.33. The van der Waals surface area contributed by atoms with Gasteiger partial charge in [-0.3, -0.25) is 0 Å². The lowest BCUT2D eigenvalue weighted by Crippen LogP contribution is -2.22. The van der Waals surface area contributed by atoms with Crippen molar-refractivity contribution in [2.75, 3.05) is 0 Å². The number of rotatable bonds is 5. The van der Waals surface area contributed by atoms with Crippen molar-refractivity contribution in [3.05, 3.63) is 118 Å². The molecule has 3 aromatic rings. The molecule has 0 atom stereocenters. The number of aromatic carboxylic acids is 1. The van der Waals surface area contributed by atoms with Crippen molar-refractivity contribution in [3.8, 4) is 0 Å². The third-order valence-corrected chi connectivity index (χ3v) is 6.21. The Morgan fingerprint density at radius 2 is 1.57 bits per heavy atom. The molecule has 0 heterocycles. The highest BCUT2D eigenvalue weighted by molar-refractivity contribution is 6.11. The molecule has 2 N–H and O–H groups in total.